The van der Waals surface area contributed by atoms with Crippen LogP contribution in [0.5, 0.6) is 0 Å². The fraction of sp³-hybridized carbons (Fsp3) is 0.300. The summed E-state index contributed by atoms with van der Waals surface area (Å²) in [5.74, 6) is 0. The van der Waals surface area contributed by atoms with E-state index >= 15 is 0 Å². The first-order valence-corrected chi connectivity index (χ1v) is 4.61. The lowest BCUT2D eigenvalue weighted by Crippen LogP contribution is -1.93. The van der Waals surface area contributed by atoms with Gasteiger partial charge >= 0.3 is 0 Å². The summed E-state index contributed by atoms with van der Waals surface area (Å²) in [5.41, 5.74) is 2.48. The van der Waals surface area contributed by atoms with E-state index < -0.39 is 0 Å². The average Bonchev–Trinajstić information content (AvgIpc) is 2.66. The molecule has 0 radical (unpaired) electrons. The summed E-state index contributed by atoms with van der Waals surface area (Å²) < 4.78 is 6.67. The molecule has 0 atom stereocenters. The van der Waals surface area contributed by atoms with Crippen molar-refractivity contribution >= 4 is 0 Å². The number of nitrogens with zero attached hydrogens (tertiary/aromatic N) is 4. The van der Waals surface area contributed by atoms with Gasteiger partial charge in [0.2, 0.25) is 0 Å². The third-order valence-corrected chi connectivity index (χ3v) is 1.96. The lowest BCUT2D eigenvalue weighted by molar-refractivity contribution is 0.181. The molecule has 0 fully saturated rings. The Morgan fingerprint density at radius 1 is 1.33 bits per heavy atom. The summed E-state index contributed by atoms with van der Waals surface area (Å²) in [6.45, 7) is 0.508. The summed E-state index contributed by atoms with van der Waals surface area (Å²) in [7, 11) is 3.48. The highest BCUT2D eigenvalue weighted by Crippen LogP contribution is 2.13. The van der Waals surface area contributed by atoms with Crippen molar-refractivity contribution in [2.75, 3.05) is 7.11 Å². The molecule has 0 saturated heterocycles. The molecule has 5 heteroatoms. The van der Waals surface area contributed by atoms with Gasteiger partial charge in [0.1, 0.15) is 5.69 Å². The summed E-state index contributed by atoms with van der Waals surface area (Å²) in [5, 5.41) is 7.86. The molecule has 2 aromatic heterocycles. The van der Waals surface area contributed by atoms with Crippen molar-refractivity contribution < 1.29 is 4.74 Å². The van der Waals surface area contributed by atoms with E-state index in [1.54, 1.807) is 11.8 Å². The Balaban J connectivity index is 2.32. The molecule has 78 valence electrons. The summed E-state index contributed by atoms with van der Waals surface area (Å²) in [6.07, 6.45) is 1.83. The zero-order valence-corrected chi connectivity index (χ0v) is 8.71. The Morgan fingerprint density at radius 2 is 2.20 bits per heavy atom. The second-order valence-corrected chi connectivity index (χ2v) is 3.22. The van der Waals surface area contributed by atoms with Gasteiger partial charge in [0.05, 0.1) is 24.2 Å². The molecule has 0 aliphatic heterocycles. The van der Waals surface area contributed by atoms with Gasteiger partial charge in [-0.3, -0.25) is 4.68 Å². The summed E-state index contributed by atoms with van der Waals surface area (Å²) >= 11 is 0. The lowest BCUT2D eigenvalue weighted by atomic mass is 10.2. The number of aromatic nitrogens is 4. The molecule has 0 amide bonds. The van der Waals surface area contributed by atoms with Crippen molar-refractivity contribution in [1.29, 1.82) is 0 Å². The van der Waals surface area contributed by atoms with Crippen molar-refractivity contribution in [1.82, 2.24) is 20.0 Å². The van der Waals surface area contributed by atoms with Crippen LogP contribution >= 0.6 is 0 Å². The highest BCUT2D eigenvalue weighted by atomic mass is 16.5. The Hall–Kier alpha value is -1.75. The van der Waals surface area contributed by atoms with Crippen molar-refractivity contribution in [3.8, 4) is 11.4 Å². The molecule has 0 N–H and O–H groups in total. The van der Waals surface area contributed by atoms with Gasteiger partial charge < -0.3 is 4.74 Å². The lowest BCUT2D eigenvalue weighted by Gasteiger charge is -2.00. The Labute approximate surface area is 87.7 Å². The quantitative estimate of drug-likeness (QED) is 0.749. The molecular formula is C10H12N4O. The first kappa shape index (κ1) is 9.79. The highest BCUT2D eigenvalue weighted by Gasteiger charge is 2.04. The topological polar surface area (TPSA) is 52.8 Å². The predicted octanol–water partition coefficient (Wildman–Crippen LogP) is 1.02. The van der Waals surface area contributed by atoms with Crippen molar-refractivity contribution in [2.24, 2.45) is 7.05 Å². The van der Waals surface area contributed by atoms with E-state index in [1.807, 2.05) is 31.4 Å². The Bertz CT molecular complexity index is 452. The number of ether oxygens (including phenoxy) is 1. The largest absolute Gasteiger partial charge is 0.378 e. The maximum atomic E-state index is 5.02. The number of hydrogen-bond donors (Lipinski definition) is 0. The zero-order chi connectivity index (χ0) is 10.7. The van der Waals surface area contributed by atoms with Gasteiger partial charge in [-0.05, 0) is 12.1 Å². The van der Waals surface area contributed by atoms with Crippen LogP contribution in [0.1, 0.15) is 5.69 Å². The van der Waals surface area contributed by atoms with Crippen LogP contribution in [0.3, 0.4) is 0 Å². The molecular weight excluding hydrogens is 192 g/mol. The molecule has 0 saturated carbocycles. The van der Waals surface area contributed by atoms with Crippen molar-refractivity contribution in [3.63, 3.8) is 0 Å². The number of aryl methyl sites for hydroxylation is 1. The van der Waals surface area contributed by atoms with Crippen molar-refractivity contribution in [2.45, 2.75) is 6.61 Å². The van der Waals surface area contributed by atoms with E-state index in [4.69, 9.17) is 4.74 Å². The van der Waals surface area contributed by atoms with E-state index in [2.05, 4.69) is 15.3 Å². The molecule has 2 rings (SSSR count). The molecule has 2 aromatic rings. The van der Waals surface area contributed by atoms with Gasteiger partial charge in [-0.2, -0.15) is 0 Å². The standard InChI is InChI=1S/C10H12N4O/c1-14-6-10(12-13-14)9-5-3-4-8(11-9)7-15-2/h3-6H,7H2,1-2H3. The van der Waals surface area contributed by atoms with E-state index in [9.17, 15) is 0 Å². The van der Waals surface area contributed by atoms with Gasteiger partial charge in [0, 0.05) is 14.2 Å². The molecule has 0 unspecified atom stereocenters. The van der Waals surface area contributed by atoms with Gasteiger partial charge in [-0.25, -0.2) is 4.98 Å². The maximum Gasteiger partial charge on any atom is 0.131 e. The molecule has 0 aliphatic rings. The maximum absolute atomic E-state index is 5.02. The monoisotopic (exact) mass is 204 g/mol. The van der Waals surface area contributed by atoms with Crippen LogP contribution in [0.2, 0.25) is 0 Å². The minimum Gasteiger partial charge on any atom is -0.378 e. The van der Waals surface area contributed by atoms with Crippen LogP contribution in [0.4, 0.5) is 0 Å². The number of pyridine rings is 1. The molecule has 2 heterocycles. The SMILES string of the molecule is COCc1cccc(-c2cn(C)nn2)n1. The van der Waals surface area contributed by atoms with Gasteiger partial charge in [0.15, 0.2) is 0 Å². The third kappa shape index (κ3) is 2.19. The average molecular weight is 204 g/mol. The van der Waals surface area contributed by atoms with Crippen LogP contribution in [-0.2, 0) is 18.4 Å². The van der Waals surface area contributed by atoms with Crippen LogP contribution in [0.15, 0.2) is 24.4 Å². The predicted molar refractivity (Wildman–Crippen MR) is 54.9 cm³/mol. The van der Waals surface area contributed by atoms with Crippen LogP contribution < -0.4 is 0 Å². The fourth-order valence-corrected chi connectivity index (χ4v) is 1.32. The molecule has 0 spiro atoms. The number of methoxy groups -OCH3 is 1. The van der Waals surface area contributed by atoms with Gasteiger partial charge in [-0.1, -0.05) is 11.3 Å². The van der Waals surface area contributed by atoms with Crippen molar-refractivity contribution in [3.05, 3.63) is 30.1 Å². The number of hydrogen-bond acceptors (Lipinski definition) is 4. The molecule has 15 heavy (non-hydrogen) atoms. The Morgan fingerprint density at radius 3 is 2.87 bits per heavy atom. The third-order valence-electron chi connectivity index (χ3n) is 1.96. The zero-order valence-electron chi connectivity index (χ0n) is 8.71. The molecule has 0 bridgehead atoms. The first-order chi connectivity index (χ1) is 7.29. The normalized spacial score (nSPS) is 10.5. The second-order valence-electron chi connectivity index (χ2n) is 3.22. The van der Waals surface area contributed by atoms with Crippen LogP contribution in [0, 0.1) is 0 Å². The minimum absolute atomic E-state index is 0.508. The molecule has 0 aliphatic carbocycles. The summed E-state index contributed by atoms with van der Waals surface area (Å²) in [4.78, 5) is 4.41. The smallest absolute Gasteiger partial charge is 0.131 e. The molecule has 0 aromatic carbocycles. The fourth-order valence-electron chi connectivity index (χ4n) is 1.32. The van der Waals surface area contributed by atoms with E-state index in [0.29, 0.717) is 6.61 Å². The van der Waals surface area contributed by atoms with Gasteiger partial charge in [0.25, 0.3) is 0 Å². The van der Waals surface area contributed by atoms with Crippen LogP contribution in [0.25, 0.3) is 11.4 Å². The molecule has 5 nitrogen and oxygen atoms in total. The van der Waals surface area contributed by atoms with Crippen LogP contribution in [-0.4, -0.2) is 27.1 Å². The summed E-state index contributed by atoms with van der Waals surface area (Å²) in [6, 6.07) is 5.76. The minimum atomic E-state index is 0.508. The van der Waals surface area contributed by atoms with Gasteiger partial charge in [-0.15, -0.1) is 5.10 Å². The second kappa shape index (κ2) is 4.18. The number of rotatable bonds is 3. The van der Waals surface area contributed by atoms with E-state index in [0.717, 1.165) is 17.1 Å². The Kier molecular flexibility index (Phi) is 2.73. The van der Waals surface area contributed by atoms with E-state index in [1.165, 1.54) is 0 Å². The first-order valence-electron chi connectivity index (χ1n) is 4.61. The van der Waals surface area contributed by atoms with E-state index in [-0.39, 0.29) is 0 Å². The highest BCUT2D eigenvalue weighted by molar-refractivity contribution is 5.52.